The number of Topliss-reactive ketones (excluding diaryl/α,β-unsaturated/α-hetero) is 1. The molecule has 0 spiro atoms. The summed E-state index contributed by atoms with van der Waals surface area (Å²) in [5.41, 5.74) is 0. The number of ketones is 1. The SMILES string of the molecule is CCC(O)C=CC1C(O)CC(=O)C1CCCCCCC(=O)O. The van der Waals surface area contributed by atoms with Gasteiger partial charge < -0.3 is 15.3 Å². The van der Waals surface area contributed by atoms with Crippen molar-refractivity contribution in [1.82, 2.24) is 0 Å². The summed E-state index contributed by atoms with van der Waals surface area (Å²) in [4.78, 5) is 22.4. The van der Waals surface area contributed by atoms with Crippen LogP contribution in [0.15, 0.2) is 12.2 Å². The van der Waals surface area contributed by atoms with E-state index in [-0.39, 0.29) is 30.5 Å². The molecule has 3 N–H and O–H groups in total. The largest absolute Gasteiger partial charge is 0.481 e. The maximum atomic E-state index is 12.0. The summed E-state index contributed by atoms with van der Waals surface area (Å²) >= 11 is 0. The molecule has 0 bridgehead atoms. The van der Waals surface area contributed by atoms with Gasteiger partial charge in [0, 0.05) is 24.7 Å². The Hall–Kier alpha value is -1.20. The molecule has 1 aliphatic rings. The number of carbonyl (C=O) groups is 2. The van der Waals surface area contributed by atoms with Gasteiger partial charge in [-0.2, -0.15) is 0 Å². The number of carbonyl (C=O) groups excluding carboxylic acids is 1. The van der Waals surface area contributed by atoms with E-state index in [2.05, 4.69) is 0 Å². The number of aliphatic hydroxyl groups is 2. The van der Waals surface area contributed by atoms with Crippen LogP contribution in [-0.4, -0.2) is 39.3 Å². The number of carboxylic acid groups (broad SMARTS) is 1. The van der Waals surface area contributed by atoms with Crippen LogP contribution in [0.1, 0.15) is 58.3 Å². The zero-order valence-electron chi connectivity index (χ0n) is 13.3. The van der Waals surface area contributed by atoms with Gasteiger partial charge in [0.1, 0.15) is 5.78 Å². The Morgan fingerprint density at radius 1 is 1.32 bits per heavy atom. The normalized spacial score (nSPS) is 26.7. The first-order valence-corrected chi connectivity index (χ1v) is 8.24. The second-order valence-electron chi connectivity index (χ2n) is 6.13. The second kappa shape index (κ2) is 9.74. The third-order valence-electron chi connectivity index (χ3n) is 4.36. The van der Waals surface area contributed by atoms with Gasteiger partial charge in [0.25, 0.3) is 0 Å². The van der Waals surface area contributed by atoms with Crippen molar-refractivity contribution >= 4 is 11.8 Å². The molecular weight excluding hydrogens is 284 g/mol. The van der Waals surface area contributed by atoms with Crippen LogP contribution in [0.3, 0.4) is 0 Å². The van der Waals surface area contributed by atoms with Crippen molar-refractivity contribution in [3.8, 4) is 0 Å². The Morgan fingerprint density at radius 3 is 2.64 bits per heavy atom. The molecule has 0 heterocycles. The zero-order valence-corrected chi connectivity index (χ0v) is 13.3. The van der Waals surface area contributed by atoms with Gasteiger partial charge in [0.2, 0.25) is 0 Å². The van der Waals surface area contributed by atoms with E-state index in [0.717, 1.165) is 25.7 Å². The highest BCUT2D eigenvalue weighted by Gasteiger charge is 2.39. The van der Waals surface area contributed by atoms with Crippen LogP contribution in [0.5, 0.6) is 0 Å². The average molecular weight is 312 g/mol. The van der Waals surface area contributed by atoms with Crippen molar-refractivity contribution in [3.05, 3.63) is 12.2 Å². The Labute approximate surface area is 132 Å². The smallest absolute Gasteiger partial charge is 0.303 e. The Kier molecular flexibility index (Phi) is 8.35. The van der Waals surface area contributed by atoms with Gasteiger partial charge in [-0.25, -0.2) is 0 Å². The summed E-state index contributed by atoms with van der Waals surface area (Å²) in [6.07, 6.45) is 7.30. The molecule has 126 valence electrons. The lowest BCUT2D eigenvalue weighted by Crippen LogP contribution is -2.19. The fourth-order valence-electron chi connectivity index (χ4n) is 2.98. The van der Waals surface area contributed by atoms with Gasteiger partial charge in [0.15, 0.2) is 0 Å². The van der Waals surface area contributed by atoms with Gasteiger partial charge in [0.05, 0.1) is 12.2 Å². The van der Waals surface area contributed by atoms with E-state index in [0.29, 0.717) is 12.8 Å². The van der Waals surface area contributed by atoms with Crippen molar-refractivity contribution in [2.45, 2.75) is 70.5 Å². The predicted octanol–water partition coefficient (Wildman–Crippen LogP) is 2.30. The van der Waals surface area contributed by atoms with Crippen LogP contribution in [-0.2, 0) is 9.59 Å². The zero-order chi connectivity index (χ0) is 16.5. The Morgan fingerprint density at radius 2 is 2.00 bits per heavy atom. The molecule has 0 amide bonds. The number of hydrogen-bond acceptors (Lipinski definition) is 4. The maximum Gasteiger partial charge on any atom is 0.303 e. The topological polar surface area (TPSA) is 94.8 Å². The fourth-order valence-corrected chi connectivity index (χ4v) is 2.98. The van der Waals surface area contributed by atoms with Gasteiger partial charge in [-0.3, -0.25) is 9.59 Å². The molecular formula is C17H28O5. The summed E-state index contributed by atoms with van der Waals surface area (Å²) in [5, 5.41) is 28.1. The van der Waals surface area contributed by atoms with E-state index in [1.165, 1.54) is 0 Å². The lowest BCUT2D eigenvalue weighted by atomic mass is 9.88. The second-order valence-corrected chi connectivity index (χ2v) is 6.13. The lowest BCUT2D eigenvalue weighted by molar-refractivity contribution is -0.137. The van der Waals surface area contributed by atoms with Gasteiger partial charge in [-0.15, -0.1) is 0 Å². The van der Waals surface area contributed by atoms with Gasteiger partial charge in [-0.1, -0.05) is 38.3 Å². The molecule has 0 radical (unpaired) electrons. The summed E-state index contributed by atoms with van der Waals surface area (Å²) in [7, 11) is 0. The van der Waals surface area contributed by atoms with Gasteiger partial charge >= 0.3 is 5.97 Å². The number of aliphatic hydroxyl groups excluding tert-OH is 2. The molecule has 5 heteroatoms. The first-order chi connectivity index (χ1) is 10.5. The van der Waals surface area contributed by atoms with E-state index < -0.39 is 18.2 Å². The first kappa shape index (κ1) is 18.8. The molecule has 0 aromatic heterocycles. The Bertz CT molecular complexity index is 391. The molecule has 1 aliphatic carbocycles. The molecule has 22 heavy (non-hydrogen) atoms. The third-order valence-corrected chi connectivity index (χ3v) is 4.36. The fraction of sp³-hybridized carbons (Fsp3) is 0.765. The van der Waals surface area contributed by atoms with Crippen LogP contribution in [0.25, 0.3) is 0 Å². The van der Waals surface area contributed by atoms with E-state index in [1.54, 1.807) is 12.2 Å². The summed E-state index contributed by atoms with van der Waals surface area (Å²) < 4.78 is 0. The molecule has 1 rings (SSSR count). The van der Waals surface area contributed by atoms with Crippen LogP contribution < -0.4 is 0 Å². The number of hydrogen-bond donors (Lipinski definition) is 3. The predicted molar refractivity (Wildman–Crippen MR) is 83.4 cm³/mol. The minimum Gasteiger partial charge on any atom is -0.481 e. The van der Waals surface area contributed by atoms with E-state index in [4.69, 9.17) is 5.11 Å². The number of aliphatic carboxylic acids is 1. The van der Waals surface area contributed by atoms with Gasteiger partial charge in [-0.05, 0) is 19.3 Å². The molecule has 4 atom stereocenters. The lowest BCUT2D eigenvalue weighted by Gasteiger charge is -2.17. The molecule has 0 aliphatic heterocycles. The monoisotopic (exact) mass is 312 g/mol. The standard InChI is InChI=1S/C17H28O5/c1-2-12(18)9-10-14-13(15(19)11-16(14)20)7-5-3-4-6-8-17(21)22/h9-10,12-14,16,18,20H,2-8,11H2,1H3,(H,21,22). The quantitative estimate of drug-likeness (QED) is 0.425. The Balaban J connectivity index is 2.39. The van der Waals surface area contributed by atoms with E-state index in [1.807, 2.05) is 6.92 Å². The molecule has 4 unspecified atom stereocenters. The number of rotatable bonds is 10. The van der Waals surface area contributed by atoms with Crippen LogP contribution in [0, 0.1) is 11.8 Å². The highest BCUT2D eigenvalue weighted by atomic mass is 16.4. The maximum absolute atomic E-state index is 12.0. The highest BCUT2D eigenvalue weighted by Crippen LogP contribution is 2.34. The molecule has 0 saturated heterocycles. The van der Waals surface area contributed by atoms with E-state index >= 15 is 0 Å². The summed E-state index contributed by atoms with van der Waals surface area (Å²) in [6, 6.07) is 0. The first-order valence-electron chi connectivity index (χ1n) is 8.24. The average Bonchev–Trinajstić information content (AvgIpc) is 2.73. The number of carboxylic acids is 1. The third kappa shape index (κ3) is 6.28. The molecule has 5 nitrogen and oxygen atoms in total. The van der Waals surface area contributed by atoms with E-state index in [9.17, 15) is 19.8 Å². The van der Waals surface area contributed by atoms with Crippen LogP contribution in [0.4, 0.5) is 0 Å². The number of unbranched alkanes of at least 4 members (excludes halogenated alkanes) is 3. The van der Waals surface area contributed by atoms with Crippen molar-refractivity contribution in [2.75, 3.05) is 0 Å². The van der Waals surface area contributed by atoms with Crippen LogP contribution >= 0.6 is 0 Å². The van der Waals surface area contributed by atoms with Crippen molar-refractivity contribution < 1.29 is 24.9 Å². The van der Waals surface area contributed by atoms with Crippen molar-refractivity contribution in [2.24, 2.45) is 11.8 Å². The minimum atomic E-state index is -0.770. The van der Waals surface area contributed by atoms with Crippen molar-refractivity contribution in [3.63, 3.8) is 0 Å². The molecule has 1 saturated carbocycles. The molecule has 0 aromatic carbocycles. The summed E-state index contributed by atoms with van der Waals surface area (Å²) in [6.45, 7) is 1.87. The summed E-state index contributed by atoms with van der Waals surface area (Å²) in [5.74, 6) is -1.05. The molecule has 0 aromatic rings. The molecule has 1 fully saturated rings. The highest BCUT2D eigenvalue weighted by molar-refractivity contribution is 5.84. The van der Waals surface area contributed by atoms with Crippen LogP contribution in [0.2, 0.25) is 0 Å². The van der Waals surface area contributed by atoms with Crippen molar-refractivity contribution in [1.29, 1.82) is 0 Å². The minimum absolute atomic E-state index is 0.0960.